The number of ether oxygens (including phenoxy) is 3. The number of hydrogen-bond donors (Lipinski definition) is 2. The molecule has 2 aliphatic rings. The van der Waals surface area contributed by atoms with E-state index in [-0.39, 0.29) is 31.1 Å². The Morgan fingerprint density at radius 3 is 2.82 bits per heavy atom. The fourth-order valence-electron chi connectivity index (χ4n) is 3.08. The van der Waals surface area contributed by atoms with Crippen molar-refractivity contribution in [1.82, 2.24) is 10.6 Å². The number of carbonyl (C=O) groups excluding carboxylic acids is 3. The average molecular weight is 453 g/mol. The minimum absolute atomic E-state index is 0.0481. The molecule has 2 amide bonds. The quantitative estimate of drug-likeness (QED) is 0.483. The maximum Gasteiger partial charge on any atom is 0.330 e. The van der Waals surface area contributed by atoms with Crippen LogP contribution in [0.5, 0.6) is 11.5 Å². The predicted octanol–water partition coefficient (Wildman–Crippen LogP) is 1.92. The Balaban J connectivity index is 1.75. The lowest BCUT2D eigenvalue weighted by atomic mass is 9.97. The fraction of sp³-hybridized carbons (Fsp3) is 0.421. The standard InChI is InChI=1S/C19H21BrN2O6/c1-2-26-17(23)4-3-12(7-11-5-6-21-18(11)24)22-19(25)13-8-15-16(9-14(13)20)28-10-27-15/h3-4,8-9,11-12H,2,5-7,10H2,1H3,(H,21,24)(H,22,25)/b4-3+/t11-,12+/m0/s1. The average Bonchev–Trinajstić information content (AvgIpc) is 3.27. The number of benzene rings is 1. The molecular formula is C19H21BrN2O6. The molecule has 2 heterocycles. The van der Waals surface area contributed by atoms with E-state index in [2.05, 4.69) is 26.6 Å². The van der Waals surface area contributed by atoms with Crippen molar-refractivity contribution in [2.75, 3.05) is 19.9 Å². The van der Waals surface area contributed by atoms with Crippen LogP contribution in [0.1, 0.15) is 30.1 Å². The zero-order valence-electron chi connectivity index (χ0n) is 15.3. The van der Waals surface area contributed by atoms with E-state index >= 15 is 0 Å². The molecule has 9 heteroatoms. The van der Waals surface area contributed by atoms with Gasteiger partial charge in [0, 0.05) is 29.1 Å². The fourth-order valence-corrected chi connectivity index (χ4v) is 3.59. The highest BCUT2D eigenvalue weighted by Crippen LogP contribution is 2.37. The van der Waals surface area contributed by atoms with Crippen molar-refractivity contribution < 1.29 is 28.6 Å². The molecule has 2 atom stereocenters. The van der Waals surface area contributed by atoms with Crippen molar-refractivity contribution in [3.05, 3.63) is 34.3 Å². The van der Waals surface area contributed by atoms with Gasteiger partial charge in [-0.1, -0.05) is 6.08 Å². The van der Waals surface area contributed by atoms with Gasteiger partial charge in [-0.25, -0.2) is 4.79 Å². The van der Waals surface area contributed by atoms with Crippen LogP contribution in [-0.2, 0) is 14.3 Å². The maximum absolute atomic E-state index is 12.8. The molecule has 8 nitrogen and oxygen atoms in total. The number of carbonyl (C=O) groups is 3. The van der Waals surface area contributed by atoms with Gasteiger partial charge in [-0.05, 0) is 47.8 Å². The molecule has 0 unspecified atom stereocenters. The Morgan fingerprint density at radius 2 is 2.14 bits per heavy atom. The lowest BCUT2D eigenvalue weighted by molar-refractivity contribution is -0.137. The van der Waals surface area contributed by atoms with Crippen molar-refractivity contribution in [2.45, 2.75) is 25.8 Å². The monoisotopic (exact) mass is 452 g/mol. The molecule has 2 N–H and O–H groups in total. The third kappa shape index (κ3) is 4.83. The van der Waals surface area contributed by atoms with Gasteiger partial charge in [0.05, 0.1) is 12.2 Å². The number of rotatable bonds is 7. The summed E-state index contributed by atoms with van der Waals surface area (Å²) in [6.45, 7) is 2.69. The zero-order chi connectivity index (χ0) is 20.1. The second kappa shape index (κ2) is 9.09. The molecule has 0 bridgehead atoms. The van der Waals surface area contributed by atoms with E-state index in [9.17, 15) is 14.4 Å². The van der Waals surface area contributed by atoms with Gasteiger partial charge in [0.25, 0.3) is 5.91 Å². The third-order valence-electron chi connectivity index (χ3n) is 4.48. The molecule has 1 aromatic carbocycles. The smallest absolute Gasteiger partial charge is 0.330 e. The SMILES string of the molecule is CCOC(=O)/C=C/[C@H](C[C@@H]1CCNC1=O)NC(=O)c1cc2c(cc1Br)OCO2. The highest BCUT2D eigenvalue weighted by atomic mass is 79.9. The van der Waals surface area contributed by atoms with Crippen molar-refractivity contribution in [3.8, 4) is 11.5 Å². The first-order valence-corrected chi connectivity index (χ1v) is 9.80. The second-order valence-electron chi connectivity index (χ2n) is 6.39. The summed E-state index contributed by atoms with van der Waals surface area (Å²) in [4.78, 5) is 36.4. The van der Waals surface area contributed by atoms with Crippen LogP contribution >= 0.6 is 15.9 Å². The number of hydrogen-bond acceptors (Lipinski definition) is 6. The lowest BCUT2D eigenvalue weighted by Crippen LogP contribution is -2.36. The van der Waals surface area contributed by atoms with E-state index in [1.165, 1.54) is 6.08 Å². The van der Waals surface area contributed by atoms with Gasteiger partial charge in [0.1, 0.15) is 0 Å². The minimum Gasteiger partial charge on any atom is -0.463 e. The first-order valence-electron chi connectivity index (χ1n) is 9.00. The summed E-state index contributed by atoms with van der Waals surface area (Å²) < 4.78 is 16.1. The maximum atomic E-state index is 12.8. The normalized spacial score (nSPS) is 18.8. The van der Waals surface area contributed by atoms with E-state index in [1.807, 2.05) is 0 Å². The van der Waals surface area contributed by atoms with Crippen LogP contribution in [-0.4, -0.2) is 43.8 Å². The van der Waals surface area contributed by atoms with Gasteiger partial charge in [0.15, 0.2) is 11.5 Å². The van der Waals surface area contributed by atoms with E-state index in [1.54, 1.807) is 25.1 Å². The predicted molar refractivity (Wildman–Crippen MR) is 103 cm³/mol. The number of amides is 2. The summed E-state index contributed by atoms with van der Waals surface area (Å²) in [7, 11) is 0. The number of halogens is 1. The van der Waals surface area contributed by atoms with Crippen LogP contribution in [0.15, 0.2) is 28.8 Å². The van der Waals surface area contributed by atoms with Gasteiger partial charge in [0.2, 0.25) is 12.7 Å². The summed E-state index contributed by atoms with van der Waals surface area (Å²) >= 11 is 3.37. The Bertz CT molecular complexity index is 810. The molecule has 0 saturated carbocycles. The Morgan fingerprint density at radius 1 is 1.39 bits per heavy atom. The van der Waals surface area contributed by atoms with Crippen molar-refractivity contribution in [2.24, 2.45) is 5.92 Å². The molecule has 3 rings (SSSR count). The number of nitrogens with one attached hydrogen (secondary N) is 2. The van der Waals surface area contributed by atoms with Gasteiger partial charge in [-0.15, -0.1) is 0 Å². The van der Waals surface area contributed by atoms with Crippen LogP contribution in [0.2, 0.25) is 0 Å². The molecule has 28 heavy (non-hydrogen) atoms. The van der Waals surface area contributed by atoms with E-state index in [0.717, 1.165) is 0 Å². The molecule has 150 valence electrons. The van der Waals surface area contributed by atoms with Crippen LogP contribution in [0, 0.1) is 5.92 Å². The van der Waals surface area contributed by atoms with Crippen LogP contribution < -0.4 is 20.1 Å². The van der Waals surface area contributed by atoms with E-state index in [0.29, 0.717) is 40.9 Å². The topological polar surface area (TPSA) is 103 Å². The molecule has 1 aromatic rings. The van der Waals surface area contributed by atoms with Gasteiger partial charge in [-0.3, -0.25) is 9.59 Å². The minimum atomic E-state index is -0.511. The van der Waals surface area contributed by atoms with Crippen LogP contribution in [0.4, 0.5) is 0 Å². The van der Waals surface area contributed by atoms with Gasteiger partial charge in [-0.2, -0.15) is 0 Å². The molecule has 2 aliphatic heterocycles. The lowest BCUT2D eigenvalue weighted by Gasteiger charge is -2.18. The van der Waals surface area contributed by atoms with Gasteiger partial charge < -0.3 is 24.8 Å². The van der Waals surface area contributed by atoms with Crippen LogP contribution in [0.3, 0.4) is 0 Å². The third-order valence-corrected chi connectivity index (χ3v) is 5.13. The molecular weight excluding hydrogens is 432 g/mol. The highest BCUT2D eigenvalue weighted by molar-refractivity contribution is 9.10. The van der Waals surface area contributed by atoms with E-state index < -0.39 is 12.0 Å². The first-order chi connectivity index (χ1) is 13.5. The van der Waals surface area contributed by atoms with Crippen molar-refractivity contribution in [3.63, 3.8) is 0 Å². The summed E-state index contributed by atoms with van der Waals surface area (Å²) in [6.07, 6.45) is 3.90. The summed E-state index contributed by atoms with van der Waals surface area (Å²) in [6, 6.07) is 2.75. The first kappa shape index (κ1) is 20.2. The Kier molecular flexibility index (Phi) is 6.56. The second-order valence-corrected chi connectivity index (χ2v) is 7.24. The van der Waals surface area contributed by atoms with Crippen LogP contribution in [0.25, 0.3) is 0 Å². The van der Waals surface area contributed by atoms with E-state index in [4.69, 9.17) is 14.2 Å². The summed E-state index contributed by atoms with van der Waals surface area (Å²) in [5, 5.41) is 5.65. The van der Waals surface area contributed by atoms with Crippen molar-refractivity contribution in [1.29, 1.82) is 0 Å². The Hall–Kier alpha value is -2.55. The van der Waals surface area contributed by atoms with Crippen molar-refractivity contribution >= 4 is 33.7 Å². The molecule has 1 fully saturated rings. The summed E-state index contributed by atoms with van der Waals surface area (Å²) in [5.41, 5.74) is 0.370. The highest BCUT2D eigenvalue weighted by Gasteiger charge is 2.28. The molecule has 0 radical (unpaired) electrons. The molecule has 0 aliphatic carbocycles. The molecule has 0 spiro atoms. The molecule has 1 saturated heterocycles. The van der Waals surface area contributed by atoms with Gasteiger partial charge >= 0.3 is 5.97 Å². The Labute approximate surface area is 170 Å². The molecule has 0 aromatic heterocycles. The number of esters is 1. The number of fused-ring (bicyclic) bond motifs is 1. The summed E-state index contributed by atoms with van der Waals surface area (Å²) in [5.74, 6) is -0.0821. The zero-order valence-corrected chi connectivity index (χ0v) is 16.9. The largest absolute Gasteiger partial charge is 0.463 e.